The molecule has 8 heteroatoms. The van der Waals surface area contributed by atoms with Gasteiger partial charge in [0.2, 0.25) is 5.82 Å². The number of aromatic nitrogens is 1. The van der Waals surface area contributed by atoms with Crippen molar-refractivity contribution in [1.29, 1.82) is 0 Å². The molecule has 0 atom stereocenters. The van der Waals surface area contributed by atoms with Crippen molar-refractivity contribution in [1.82, 2.24) is 4.98 Å². The average molecular weight is 291 g/mol. The molecule has 20 heavy (non-hydrogen) atoms. The van der Waals surface area contributed by atoms with Crippen LogP contribution in [-0.2, 0) is 0 Å². The fourth-order valence-electron chi connectivity index (χ4n) is 1.58. The van der Waals surface area contributed by atoms with Crippen LogP contribution in [0.5, 0.6) is 0 Å². The van der Waals surface area contributed by atoms with Crippen LogP contribution in [0.1, 0.15) is 0 Å². The van der Waals surface area contributed by atoms with Gasteiger partial charge in [-0.3, -0.25) is 10.1 Å². The summed E-state index contributed by atoms with van der Waals surface area (Å²) in [5.41, 5.74) is 2.96. The maximum absolute atomic E-state index is 11.0. The molecule has 0 saturated heterocycles. The SMILES string of the molecule is CSc1ccc(Nc2nc(NN)ccc2[N+](=O)[O-])cc1. The summed E-state index contributed by atoms with van der Waals surface area (Å²) in [5.74, 6) is 5.75. The Hall–Kier alpha value is -2.32. The van der Waals surface area contributed by atoms with Crippen LogP contribution >= 0.6 is 11.8 Å². The zero-order valence-corrected chi connectivity index (χ0v) is 11.5. The van der Waals surface area contributed by atoms with E-state index in [2.05, 4.69) is 15.7 Å². The summed E-state index contributed by atoms with van der Waals surface area (Å²) in [6, 6.07) is 10.3. The minimum atomic E-state index is -0.494. The molecule has 1 aromatic heterocycles. The first-order valence-electron chi connectivity index (χ1n) is 5.67. The van der Waals surface area contributed by atoms with Crippen LogP contribution in [0.15, 0.2) is 41.3 Å². The molecule has 0 fully saturated rings. The highest BCUT2D eigenvalue weighted by molar-refractivity contribution is 7.98. The molecular formula is C12H13N5O2S. The highest BCUT2D eigenvalue weighted by atomic mass is 32.2. The average Bonchev–Trinajstić information content (AvgIpc) is 2.47. The number of nitrogens with two attached hydrogens (primary N) is 1. The van der Waals surface area contributed by atoms with Gasteiger partial charge in [-0.1, -0.05) is 0 Å². The number of hydrogen-bond donors (Lipinski definition) is 3. The molecule has 0 aliphatic heterocycles. The zero-order chi connectivity index (χ0) is 14.5. The van der Waals surface area contributed by atoms with Gasteiger partial charge < -0.3 is 10.7 Å². The molecule has 104 valence electrons. The Kier molecular flexibility index (Phi) is 4.38. The van der Waals surface area contributed by atoms with Crippen molar-refractivity contribution in [3.63, 3.8) is 0 Å². The van der Waals surface area contributed by atoms with Crippen LogP contribution < -0.4 is 16.6 Å². The number of nitrogen functional groups attached to an aromatic ring is 1. The normalized spacial score (nSPS) is 10.1. The molecule has 0 aliphatic rings. The molecule has 2 aromatic rings. The number of hydrogen-bond acceptors (Lipinski definition) is 7. The second-order valence-corrected chi connectivity index (χ2v) is 4.70. The first-order valence-corrected chi connectivity index (χ1v) is 6.89. The Morgan fingerprint density at radius 3 is 2.50 bits per heavy atom. The Balaban J connectivity index is 2.32. The van der Waals surface area contributed by atoms with Crippen LogP contribution in [0.25, 0.3) is 0 Å². The maximum atomic E-state index is 11.0. The smallest absolute Gasteiger partial charge is 0.311 e. The van der Waals surface area contributed by atoms with Gasteiger partial charge in [-0.05, 0) is 36.6 Å². The van der Waals surface area contributed by atoms with Crippen LogP contribution in [-0.4, -0.2) is 16.2 Å². The maximum Gasteiger partial charge on any atom is 0.311 e. The molecule has 0 bridgehead atoms. The lowest BCUT2D eigenvalue weighted by Crippen LogP contribution is -2.10. The Morgan fingerprint density at radius 2 is 1.95 bits per heavy atom. The topological polar surface area (TPSA) is 106 Å². The van der Waals surface area contributed by atoms with Gasteiger partial charge in [-0.2, -0.15) is 0 Å². The molecule has 0 radical (unpaired) electrons. The van der Waals surface area contributed by atoms with Crippen molar-refractivity contribution >= 4 is 34.8 Å². The largest absolute Gasteiger partial charge is 0.334 e. The molecule has 0 spiro atoms. The number of rotatable bonds is 5. The number of nitrogens with zero attached hydrogens (tertiary/aromatic N) is 2. The third-order valence-corrected chi connectivity index (χ3v) is 3.31. The van der Waals surface area contributed by atoms with Gasteiger partial charge in [0.15, 0.2) is 0 Å². The summed E-state index contributed by atoms with van der Waals surface area (Å²) in [6.45, 7) is 0. The molecular weight excluding hydrogens is 278 g/mol. The highest BCUT2D eigenvalue weighted by Crippen LogP contribution is 2.27. The van der Waals surface area contributed by atoms with E-state index in [1.54, 1.807) is 11.8 Å². The van der Waals surface area contributed by atoms with E-state index in [0.717, 1.165) is 4.90 Å². The van der Waals surface area contributed by atoms with Crippen molar-refractivity contribution in [2.75, 3.05) is 17.0 Å². The number of benzene rings is 1. The minimum Gasteiger partial charge on any atom is -0.334 e. The van der Waals surface area contributed by atoms with Crippen LogP contribution in [0.3, 0.4) is 0 Å². The van der Waals surface area contributed by atoms with E-state index in [9.17, 15) is 10.1 Å². The summed E-state index contributed by atoms with van der Waals surface area (Å²) >= 11 is 1.62. The predicted molar refractivity (Wildman–Crippen MR) is 80.2 cm³/mol. The Bertz CT molecular complexity index is 618. The third kappa shape index (κ3) is 3.16. The Morgan fingerprint density at radius 1 is 1.25 bits per heavy atom. The second kappa shape index (κ2) is 6.22. The monoisotopic (exact) mass is 291 g/mol. The molecule has 0 amide bonds. The van der Waals surface area contributed by atoms with E-state index in [1.165, 1.54) is 12.1 Å². The quantitative estimate of drug-likeness (QED) is 0.336. The highest BCUT2D eigenvalue weighted by Gasteiger charge is 2.16. The molecule has 0 saturated carbocycles. The van der Waals surface area contributed by atoms with Crippen molar-refractivity contribution in [2.45, 2.75) is 4.90 Å². The number of pyridine rings is 1. The zero-order valence-electron chi connectivity index (χ0n) is 10.7. The summed E-state index contributed by atoms with van der Waals surface area (Å²) < 4.78 is 0. The van der Waals surface area contributed by atoms with Gasteiger partial charge in [0, 0.05) is 16.6 Å². The number of nitro groups is 1. The number of thioether (sulfide) groups is 1. The van der Waals surface area contributed by atoms with Crippen LogP contribution in [0, 0.1) is 10.1 Å². The van der Waals surface area contributed by atoms with Crippen molar-refractivity contribution in [3.05, 3.63) is 46.5 Å². The van der Waals surface area contributed by atoms with Crippen LogP contribution in [0.4, 0.5) is 23.0 Å². The van der Waals surface area contributed by atoms with E-state index in [4.69, 9.17) is 5.84 Å². The van der Waals surface area contributed by atoms with Gasteiger partial charge in [0.1, 0.15) is 5.82 Å². The minimum absolute atomic E-state index is 0.113. The van der Waals surface area contributed by atoms with E-state index in [0.29, 0.717) is 11.5 Å². The van der Waals surface area contributed by atoms with Crippen LogP contribution in [0.2, 0.25) is 0 Å². The van der Waals surface area contributed by atoms with Gasteiger partial charge in [-0.15, -0.1) is 11.8 Å². The predicted octanol–water partition coefficient (Wildman–Crippen LogP) is 2.74. The second-order valence-electron chi connectivity index (χ2n) is 3.82. The van der Waals surface area contributed by atoms with Gasteiger partial charge >= 0.3 is 5.69 Å². The Labute approximate surface area is 119 Å². The molecule has 0 aliphatic carbocycles. The molecule has 1 aromatic carbocycles. The fourth-order valence-corrected chi connectivity index (χ4v) is 1.99. The summed E-state index contributed by atoms with van der Waals surface area (Å²) in [4.78, 5) is 15.7. The third-order valence-electron chi connectivity index (χ3n) is 2.57. The van der Waals surface area contributed by atoms with E-state index in [1.807, 2.05) is 30.5 Å². The number of hydrazine groups is 1. The molecule has 4 N–H and O–H groups in total. The van der Waals surface area contributed by atoms with E-state index in [-0.39, 0.29) is 11.5 Å². The van der Waals surface area contributed by atoms with Gasteiger partial charge in [0.25, 0.3) is 0 Å². The first kappa shape index (κ1) is 14.1. The van der Waals surface area contributed by atoms with Gasteiger partial charge in [-0.25, -0.2) is 10.8 Å². The lowest BCUT2D eigenvalue weighted by atomic mass is 10.3. The number of anilines is 3. The van der Waals surface area contributed by atoms with Crippen molar-refractivity contribution < 1.29 is 4.92 Å². The lowest BCUT2D eigenvalue weighted by Gasteiger charge is -2.08. The molecule has 1 heterocycles. The molecule has 2 rings (SSSR count). The van der Waals surface area contributed by atoms with Crippen molar-refractivity contribution in [2.24, 2.45) is 5.84 Å². The van der Waals surface area contributed by atoms with E-state index >= 15 is 0 Å². The summed E-state index contributed by atoms with van der Waals surface area (Å²) in [5, 5.41) is 13.9. The summed E-state index contributed by atoms with van der Waals surface area (Å²) in [7, 11) is 0. The molecule has 7 nitrogen and oxygen atoms in total. The lowest BCUT2D eigenvalue weighted by molar-refractivity contribution is -0.384. The van der Waals surface area contributed by atoms with Gasteiger partial charge in [0.05, 0.1) is 4.92 Å². The standard InChI is InChI=1S/C12H13N5O2S/c1-20-9-4-2-8(3-5-9)14-12-10(17(18)19)6-7-11(15-12)16-13/h2-7H,13H2,1H3,(H2,14,15,16). The first-order chi connectivity index (χ1) is 9.63. The van der Waals surface area contributed by atoms with Crippen molar-refractivity contribution in [3.8, 4) is 0 Å². The number of nitrogens with one attached hydrogen (secondary N) is 2. The molecule has 0 unspecified atom stereocenters. The fraction of sp³-hybridized carbons (Fsp3) is 0.0833. The summed E-state index contributed by atoms with van der Waals surface area (Å²) in [6.07, 6.45) is 1.98. The van der Waals surface area contributed by atoms with E-state index < -0.39 is 4.92 Å².